The van der Waals surface area contributed by atoms with Crippen molar-refractivity contribution in [2.24, 2.45) is 11.1 Å². The maximum Gasteiger partial charge on any atom is 0.260 e. The molecule has 2 fully saturated rings. The summed E-state index contributed by atoms with van der Waals surface area (Å²) in [6, 6.07) is 9.41. The van der Waals surface area contributed by atoms with E-state index in [9.17, 15) is 4.79 Å². The van der Waals surface area contributed by atoms with Crippen molar-refractivity contribution in [3.8, 4) is 0 Å². The topological polar surface area (TPSA) is 96.9 Å². The van der Waals surface area contributed by atoms with Gasteiger partial charge < -0.3 is 15.5 Å². The summed E-state index contributed by atoms with van der Waals surface area (Å²) in [7, 11) is 1.52. The number of aromatic nitrogens is 2. The Kier molecular flexibility index (Phi) is 10.1. The molecule has 0 aromatic carbocycles. The van der Waals surface area contributed by atoms with Gasteiger partial charge in [0, 0.05) is 63.9 Å². The number of rotatable bonds is 6. The van der Waals surface area contributed by atoms with Crippen LogP contribution >= 0.6 is 0 Å². The first-order chi connectivity index (χ1) is 16.0. The molecular formula is C26H39FN6O2. The highest BCUT2D eigenvalue weighted by atomic mass is 19.1. The molecule has 1 amide bonds. The van der Waals surface area contributed by atoms with Gasteiger partial charge in [0.05, 0.1) is 5.69 Å². The fraction of sp³-hybridized carbons (Fsp3) is 0.538. The Morgan fingerprint density at radius 2 is 1.86 bits per heavy atom. The van der Waals surface area contributed by atoms with Crippen molar-refractivity contribution in [1.82, 2.24) is 19.8 Å². The fourth-order valence-electron chi connectivity index (χ4n) is 4.71. The van der Waals surface area contributed by atoms with Crippen molar-refractivity contribution in [1.29, 1.82) is 0 Å². The molecule has 8 nitrogen and oxygen atoms in total. The van der Waals surface area contributed by atoms with Crippen LogP contribution in [0.4, 0.5) is 10.2 Å². The van der Waals surface area contributed by atoms with Gasteiger partial charge >= 0.3 is 0 Å². The summed E-state index contributed by atoms with van der Waals surface area (Å²) in [5.41, 5.74) is 6.55. The number of hydrogen-bond donors (Lipinski definition) is 1. The van der Waals surface area contributed by atoms with Crippen molar-refractivity contribution in [2.45, 2.75) is 52.8 Å². The molecule has 192 valence electrons. The molecule has 0 spiro atoms. The van der Waals surface area contributed by atoms with E-state index in [4.69, 9.17) is 10.6 Å². The van der Waals surface area contributed by atoms with Crippen LogP contribution in [0, 0.1) is 5.92 Å². The summed E-state index contributed by atoms with van der Waals surface area (Å²) in [5, 5.41) is 4.20. The number of likely N-dealkylation sites (tertiary alicyclic amines) is 2. The van der Waals surface area contributed by atoms with E-state index in [-0.39, 0.29) is 39.5 Å². The minimum absolute atomic E-state index is 0. The lowest BCUT2D eigenvalue weighted by Crippen LogP contribution is -2.54. The Hall–Kier alpha value is -3.07. The van der Waals surface area contributed by atoms with Gasteiger partial charge in [-0.05, 0) is 42.7 Å². The average Bonchev–Trinajstić information content (AvgIpc) is 2.84. The summed E-state index contributed by atoms with van der Waals surface area (Å²) in [6.07, 6.45) is 5.22. The lowest BCUT2D eigenvalue weighted by atomic mass is 9.87. The molecule has 9 heteroatoms. The highest BCUT2D eigenvalue weighted by Gasteiger charge is 2.45. The summed E-state index contributed by atoms with van der Waals surface area (Å²) in [5.74, 6) is 0.218. The van der Waals surface area contributed by atoms with Crippen LogP contribution in [0.5, 0.6) is 0 Å². The van der Waals surface area contributed by atoms with E-state index in [0.717, 1.165) is 17.0 Å². The number of piperidine rings is 2. The van der Waals surface area contributed by atoms with E-state index in [2.05, 4.69) is 20.0 Å². The van der Waals surface area contributed by atoms with Gasteiger partial charge in [0.15, 0.2) is 5.67 Å². The Morgan fingerprint density at radius 1 is 1.14 bits per heavy atom. The number of alkyl halides is 1. The third-order valence-corrected chi connectivity index (χ3v) is 6.57. The number of carbonyl (C=O) groups excluding carboxylic acids is 1. The Bertz CT molecular complexity index is 971. The van der Waals surface area contributed by atoms with Gasteiger partial charge in [-0.3, -0.25) is 14.7 Å². The van der Waals surface area contributed by atoms with Crippen molar-refractivity contribution >= 4 is 17.4 Å². The highest BCUT2D eigenvalue weighted by Crippen LogP contribution is 2.32. The normalized spacial score (nSPS) is 18.8. The zero-order chi connectivity index (χ0) is 23.3. The predicted molar refractivity (Wildman–Crippen MR) is 138 cm³/mol. The molecule has 2 saturated heterocycles. The van der Waals surface area contributed by atoms with E-state index >= 15 is 4.39 Å². The second kappa shape index (κ2) is 12.6. The molecule has 0 unspecified atom stereocenters. The Morgan fingerprint density at radius 3 is 2.46 bits per heavy atom. The van der Waals surface area contributed by atoms with Crippen molar-refractivity contribution in [3.63, 3.8) is 0 Å². The smallest absolute Gasteiger partial charge is 0.260 e. The van der Waals surface area contributed by atoms with Crippen LogP contribution < -0.4 is 5.73 Å². The fourth-order valence-corrected chi connectivity index (χ4v) is 4.71. The second-order valence-corrected chi connectivity index (χ2v) is 8.77. The third kappa shape index (κ3) is 6.75. The number of nitrogen functional groups attached to an aromatic ring is 1. The molecule has 4 rings (SSSR count). The van der Waals surface area contributed by atoms with Crippen LogP contribution in [0.3, 0.4) is 0 Å². The lowest BCUT2D eigenvalue weighted by molar-refractivity contribution is -0.148. The van der Waals surface area contributed by atoms with Gasteiger partial charge in [0.1, 0.15) is 18.6 Å². The first-order valence-electron chi connectivity index (χ1n) is 11.4. The quantitative estimate of drug-likeness (QED) is 0.491. The van der Waals surface area contributed by atoms with Crippen LogP contribution in [-0.2, 0) is 16.2 Å². The van der Waals surface area contributed by atoms with E-state index < -0.39 is 5.67 Å². The predicted octanol–water partition coefficient (Wildman–Crippen LogP) is 3.92. The number of carbonyl (C=O) groups is 1. The number of anilines is 1. The molecule has 2 aliphatic rings. The van der Waals surface area contributed by atoms with Gasteiger partial charge in [-0.2, -0.15) is 0 Å². The molecule has 0 saturated carbocycles. The molecular weight excluding hydrogens is 447 g/mol. The number of oxime groups is 1. The number of nitrogens with two attached hydrogens (primary N) is 1. The van der Waals surface area contributed by atoms with E-state index in [0.29, 0.717) is 51.4 Å². The van der Waals surface area contributed by atoms with Crippen LogP contribution in [-0.4, -0.2) is 70.3 Å². The number of pyridine rings is 2. The average molecular weight is 487 g/mol. The number of amides is 1. The highest BCUT2D eigenvalue weighted by molar-refractivity contribution is 6.00. The number of hydrogen-bond acceptors (Lipinski definition) is 7. The first-order valence-corrected chi connectivity index (χ1v) is 11.4. The summed E-state index contributed by atoms with van der Waals surface area (Å²) >= 11 is 0. The lowest BCUT2D eigenvalue weighted by Gasteiger charge is -2.40. The molecule has 35 heavy (non-hydrogen) atoms. The zero-order valence-corrected chi connectivity index (χ0v) is 19.0. The van der Waals surface area contributed by atoms with Crippen molar-refractivity contribution < 1.29 is 14.0 Å². The largest absolute Gasteiger partial charge is 0.399 e. The van der Waals surface area contributed by atoms with E-state index in [1.807, 2.05) is 30.3 Å². The number of halogens is 1. The van der Waals surface area contributed by atoms with Crippen molar-refractivity contribution in [2.75, 3.05) is 39.0 Å². The summed E-state index contributed by atoms with van der Waals surface area (Å²) in [6.45, 7) is 2.75. The van der Waals surface area contributed by atoms with Gasteiger partial charge in [-0.25, -0.2) is 9.37 Å². The summed E-state index contributed by atoms with van der Waals surface area (Å²) in [4.78, 5) is 30.4. The molecule has 2 aliphatic heterocycles. The molecule has 2 aromatic rings. The standard InChI is InChI=1S/C24H31FN6O2.2CH4/c1-33-29-22(20-4-2-3-10-27-20)19-6-12-31(13-7-19)23(32)24(25)8-14-30(15-9-24)17-18-5-11-28-21(26)16-18;;/h2-5,10-11,16,19H,6-9,12-15,17H2,1H3,(H2,26,28);2*1H4/b29-22+;;. The molecule has 2 N–H and O–H groups in total. The molecule has 0 bridgehead atoms. The van der Waals surface area contributed by atoms with Crippen LogP contribution in [0.25, 0.3) is 0 Å². The van der Waals surface area contributed by atoms with E-state index in [1.165, 1.54) is 7.11 Å². The minimum Gasteiger partial charge on any atom is -0.399 e. The van der Waals surface area contributed by atoms with E-state index in [1.54, 1.807) is 17.3 Å². The van der Waals surface area contributed by atoms with Crippen LogP contribution in [0.1, 0.15) is 51.8 Å². The molecule has 0 atom stereocenters. The molecule has 0 radical (unpaired) electrons. The van der Waals surface area contributed by atoms with Crippen LogP contribution in [0.2, 0.25) is 0 Å². The maximum atomic E-state index is 15.7. The van der Waals surface area contributed by atoms with Gasteiger partial charge in [-0.1, -0.05) is 26.1 Å². The van der Waals surface area contributed by atoms with Crippen molar-refractivity contribution in [3.05, 3.63) is 54.0 Å². The Labute approximate surface area is 208 Å². The monoisotopic (exact) mass is 486 g/mol. The summed E-state index contributed by atoms with van der Waals surface area (Å²) < 4.78 is 15.7. The minimum atomic E-state index is -1.80. The Balaban J connectivity index is 0.00000216. The number of nitrogens with zero attached hydrogens (tertiary/aromatic N) is 5. The zero-order valence-electron chi connectivity index (χ0n) is 19.0. The maximum absolute atomic E-state index is 15.7. The van der Waals surface area contributed by atoms with Gasteiger partial charge in [0.25, 0.3) is 5.91 Å². The van der Waals surface area contributed by atoms with Crippen LogP contribution in [0.15, 0.2) is 47.9 Å². The van der Waals surface area contributed by atoms with Gasteiger partial charge in [-0.15, -0.1) is 0 Å². The third-order valence-electron chi connectivity index (χ3n) is 6.57. The molecule has 4 heterocycles. The van der Waals surface area contributed by atoms with Gasteiger partial charge in [0.2, 0.25) is 0 Å². The SMILES string of the molecule is C.C.CO/N=C(/c1ccccn1)C1CCN(C(=O)C2(F)CCN(Cc3ccnc(N)c3)CC2)CC1. The second-order valence-electron chi connectivity index (χ2n) is 8.77. The molecule has 2 aromatic heterocycles. The molecule has 0 aliphatic carbocycles. The first kappa shape index (κ1) is 28.2.